The minimum Gasteiger partial charge on any atom is -0.463 e. The van der Waals surface area contributed by atoms with Crippen LogP contribution in [0.4, 0.5) is 17.2 Å². The normalized spacial score (nSPS) is 10.7. The lowest BCUT2D eigenvalue weighted by Gasteiger charge is -2.12. The van der Waals surface area contributed by atoms with Gasteiger partial charge in [-0.3, -0.25) is 9.78 Å². The van der Waals surface area contributed by atoms with Crippen LogP contribution in [0.1, 0.15) is 10.4 Å². The van der Waals surface area contributed by atoms with Crippen LogP contribution in [0.5, 0.6) is 0 Å². The number of hydrogen-bond donors (Lipinski definition) is 2. The van der Waals surface area contributed by atoms with Crippen LogP contribution in [0.15, 0.2) is 96.0 Å². The van der Waals surface area contributed by atoms with E-state index in [1.54, 1.807) is 49.1 Å². The Bertz CT molecular complexity index is 1340. The van der Waals surface area contributed by atoms with Crippen LogP contribution in [-0.4, -0.2) is 20.9 Å². The highest BCUT2D eigenvalue weighted by Crippen LogP contribution is 2.29. The van der Waals surface area contributed by atoms with Crippen molar-refractivity contribution in [3.63, 3.8) is 0 Å². The van der Waals surface area contributed by atoms with Gasteiger partial charge in [0.1, 0.15) is 11.5 Å². The molecule has 2 N–H and O–H groups in total. The first kappa shape index (κ1) is 18.5. The van der Waals surface area contributed by atoms with Gasteiger partial charge in [-0.1, -0.05) is 6.07 Å². The second kappa shape index (κ2) is 8.08. The Labute approximate surface area is 177 Å². The fourth-order valence-electron chi connectivity index (χ4n) is 3.26. The standard InChI is InChI=1S/C24H17N5O2/c30-24(28-17-5-3-10-25-15-17)19-14-21(22-6-4-12-31-22)29-20-9-8-16(13-18(19)20)27-23-7-1-2-11-26-23/h1-15H,(H,26,27)(H,28,30). The van der Waals surface area contributed by atoms with E-state index in [2.05, 4.69) is 25.6 Å². The molecular formula is C24H17N5O2. The van der Waals surface area contributed by atoms with Crippen molar-refractivity contribution >= 4 is 34.0 Å². The van der Waals surface area contributed by atoms with E-state index in [1.807, 2.05) is 42.5 Å². The van der Waals surface area contributed by atoms with E-state index >= 15 is 0 Å². The summed E-state index contributed by atoms with van der Waals surface area (Å²) in [6, 6.07) is 20.2. The Balaban J connectivity index is 1.60. The molecular weight excluding hydrogens is 390 g/mol. The van der Waals surface area contributed by atoms with Gasteiger partial charge in [0.2, 0.25) is 0 Å². The van der Waals surface area contributed by atoms with E-state index in [4.69, 9.17) is 4.42 Å². The highest BCUT2D eigenvalue weighted by atomic mass is 16.3. The number of carbonyl (C=O) groups excluding carboxylic acids is 1. The predicted octanol–water partition coefficient (Wildman–Crippen LogP) is 5.28. The molecule has 0 aliphatic carbocycles. The number of hydrogen-bond acceptors (Lipinski definition) is 6. The third kappa shape index (κ3) is 3.97. The molecule has 7 nitrogen and oxygen atoms in total. The maximum absolute atomic E-state index is 13.2. The van der Waals surface area contributed by atoms with Crippen LogP contribution in [0.3, 0.4) is 0 Å². The van der Waals surface area contributed by atoms with Crippen molar-refractivity contribution in [2.75, 3.05) is 10.6 Å². The van der Waals surface area contributed by atoms with E-state index in [9.17, 15) is 4.79 Å². The molecule has 5 rings (SSSR count). The van der Waals surface area contributed by atoms with Crippen molar-refractivity contribution < 1.29 is 9.21 Å². The largest absolute Gasteiger partial charge is 0.463 e. The maximum atomic E-state index is 13.2. The molecule has 0 aliphatic heterocycles. The molecule has 1 amide bonds. The summed E-state index contributed by atoms with van der Waals surface area (Å²) in [5.74, 6) is 1.04. The van der Waals surface area contributed by atoms with Crippen LogP contribution >= 0.6 is 0 Å². The second-order valence-corrected chi connectivity index (χ2v) is 6.80. The molecule has 0 unspecified atom stereocenters. The van der Waals surface area contributed by atoms with Crippen molar-refractivity contribution in [3.05, 3.63) is 97.1 Å². The molecule has 0 bridgehead atoms. The average molecular weight is 407 g/mol. The zero-order chi connectivity index (χ0) is 21.0. The van der Waals surface area contributed by atoms with E-state index in [-0.39, 0.29) is 5.91 Å². The SMILES string of the molecule is O=C(Nc1cccnc1)c1cc(-c2ccco2)nc2ccc(Nc3ccccn3)cc12. The summed E-state index contributed by atoms with van der Waals surface area (Å²) in [6.07, 6.45) is 6.55. The minimum absolute atomic E-state index is 0.261. The molecule has 0 fully saturated rings. The Morgan fingerprint density at radius 3 is 2.65 bits per heavy atom. The fraction of sp³-hybridized carbons (Fsp3) is 0. The molecule has 150 valence electrons. The smallest absolute Gasteiger partial charge is 0.256 e. The lowest BCUT2D eigenvalue weighted by molar-refractivity contribution is 0.102. The van der Waals surface area contributed by atoms with Gasteiger partial charge in [-0.15, -0.1) is 0 Å². The van der Waals surface area contributed by atoms with Crippen LogP contribution in [0.25, 0.3) is 22.4 Å². The summed E-state index contributed by atoms with van der Waals surface area (Å²) in [4.78, 5) is 26.2. The summed E-state index contributed by atoms with van der Waals surface area (Å²) >= 11 is 0. The third-order valence-corrected chi connectivity index (χ3v) is 4.68. The van der Waals surface area contributed by atoms with Gasteiger partial charge < -0.3 is 15.1 Å². The summed E-state index contributed by atoms with van der Waals surface area (Å²) in [7, 11) is 0. The number of furan rings is 1. The lowest BCUT2D eigenvalue weighted by Crippen LogP contribution is -2.13. The molecule has 0 radical (unpaired) electrons. The van der Waals surface area contributed by atoms with Crippen molar-refractivity contribution in [1.29, 1.82) is 0 Å². The molecule has 31 heavy (non-hydrogen) atoms. The number of rotatable bonds is 5. The van der Waals surface area contributed by atoms with Crippen molar-refractivity contribution in [2.24, 2.45) is 0 Å². The molecule has 0 spiro atoms. The number of pyridine rings is 3. The van der Waals surface area contributed by atoms with Crippen molar-refractivity contribution in [1.82, 2.24) is 15.0 Å². The van der Waals surface area contributed by atoms with Gasteiger partial charge in [0, 0.05) is 23.5 Å². The van der Waals surface area contributed by atoms with Gasteiger partial charge in [-0.05, 0) is 60.7 Å². The fourth-order valence-corrected chi connectivity index (χ4v) is 3.26. The van der Waals surface area contributed by atoms with Crippen LogP contribution < -0.4 is 10.6 Å². The first-order chi connectivity index (χ1) is 15.3. The van der Waals surface area contributed by atoms with E-state index in [1.165, 1.54) is 0 Å². The number of benzene rings is 1. The molecule has 0 saturated heterocycles. The lowest BCUT2D eigenvalue weighted by atomic mass is 10.0. The summed E-state index contributed by atoms with van der Waals surface area (Å²) < 4.78 is 5.50. The quantitative estimate of drug-likeness (QED) is 0.412. The summed E-state index contributed by atoms with van der Waals surface area (Å²) in [5, 5.41) is 6.86. The zero-order valence-corrected chi connectivity index (χ0v) is 16.3. The Hall–Kier alpha value is -4.52. The van der Waals surface area contributed by atoms with Gasteiger partial charge in [0.25, 0.3) is 5.91 Å². The van der Waals surface area contributed by atoms with Gasteiger partial charge in [-0.2, -0.15) is 0 Å². The molecule has 1 aromatic carbocycles. The molecule has 0 aliphatic rings. The predicted molar refractivity (Wildman–Crippen MR) is 119 cm³/mol. The zero-order valence-electron chi connectivity index (χ0n) is 16.3. The van der Waals surface area contributed by atoms with Crippen LogP contribution in [-0.2, 0) is 0 Å². The number of aromatic nitrogens is 3. The van der Waals surface area contributed by atoms with Gasteiger partial charge in [0.15, 0.2) is 5.76 Å². The number of carbonyl (C=O) groups is 1. The molecule has 0 atom stereocenters. The topological polar surface area (TPSA) is 92.9 Å². The summed E-state index contributed by atoms with van der Waals surface area (Å²) in [5.41, 5.74) is 3.15. The second-order valence-electron chi connectivity index (χ2n) is 6.80. The summed E-state index contributed by atoms with van der Waals surface area (Å²) in [6.45, 7) is 0. The third-order valence-electron chi connectivity index (χ3n) is 4.68. The minimum atomic E-state index is -0.261. The number of amides is 1. The van der Waals surface area contributed by atoms with Crippen LogP contribution in [0.2, 0.25) is 0 Å². The number of fused-ring (bicyclic) bond motifs is 1. The van der Waals surface area contributed by atoms with E-state index < -0.39 is 0 Å². The van der Waals surface area contributed by atoms with Crippen LogP contribution in [0, 0.1) is 0 Å². The first-order valence-corrected chi connectivity index (χ1v) is 9.64. The average Bonchev–Trinajstić information content (AvgIpc) is 3.35. The molecule has 0 saturated carbocycles. The molecule has 4 aromatic heterocycles. The molecule has 5 aromatic rings. The van der Waals surface area contributed by atoms with Gasteiger partial charge in [0.05, 0.1) is 29.2 Å². The highest BCUT2D eigenvalue weighted by molar-refractivity contribution is 6.13. The maximum Gasteiger partial charge on any atom is 0.256 e. The Morgan fingerprint density at radius 2 is 1.87 bits per heavy atom. The highest BCUT2D eigenvalue weighted by Gasteiger charge is 2.16. The van der Waals surface area contributed by atoms with E-state index in [0.29, 0.717) is 39.4 Å². The Morgan fingerprint density at radius 1 is 0.903 bits per heavy atom. The van der Waals surface area contributed by atoms with E-state index in [0.717, 1.165) is 5.69 Å². The Kier molecular flexibility index (Phi) is 4.82. The first-order valence-electron chi connectivity index (χ1n) is 9.64. The van der Waals surface area contributed by atoms with Gasteiger partial charge >= 0.3 is 0 Å². The van der Waals surface area contributed by atoms with Crippen molar-refractivity contribution in [2.45, 2.75) is 0 Å². The molecule has 7 heteroatoms. The number of nitrogens with zero attached hydrogens (tertiary/aromatic N) is 3. The number of anilines is 3. The monoisotopic (exact) mass is 407 g/mol. The molecule has 4 heterocycles. The number of nitrogens with one attached hydrogen (secondary N) is 2. The van der Waals surface area contributed by atoms with Gasteiger partial charge in [-0.25, -0.2) is 9.97 Å². The van der Waals surface area contributed by atoms with Crippen molar-refractivity contribution in [3.8, 4) is 11.5 Å².